The van der Waals surface area contributed by atoms with Crippen LogP contribution in [0.2, 0.25) is 0 Å². The summed E-state index contributed by atoms with van der Waals surface area (Å²) in [7, 11) is 0. The Labute approximate surface area is 103 Å². The summed E-state index contributed by atoms with van der Waals surface area (Å²) in [6.07, 6.45) is 2.52. The lowest BCUT2D eigenvalue weighted by Gasteiger charge is -2.20. The average Bonchev–Trinajstić information content (AvgIpc) is 2.61. The van der Waals surface area contributed by atoms with Crippen molar-refractivity contribution in [2.75, 3.05) is 31.1 Å². The summed E-state index contributed by atoms with van der Waals surface area (Å²) in [4.78, 5) is 32.9. The molecule has 0 aromatic carbocycles. The van der Waals surface area contributed by atoms with Gasteiger partial charge in [-0.05, 0) is 13.0 Å². The Bertz CT molecular complexity index is 509. The van der Waals surface area contributed by atoms with Gasteiger partial charge in [0, 0.05) is 19.6 Å². The molecule has 3 heterocycles. The van der Waals surface area contributed by atoms with E-state index in [1.54, 1.807) is 0 Å². The van der Waals surface area contributed by atoms with Gasteiger partial charge >= 0.3 is 11.9 Å². The molecule has 7 heteroatoms. The molecular weight excluding hydrogens is 236 g/mol. The van der Waals surface area contributed by atoms with Crippen LogP contribution >= 0.6 is 0 Å². The summed E-state index contributed by atoms with van der Waals surface area (Å²) < 4.78 is 4.46. The third-order valence-corrected chi connectivity index (χ3v) is 3.00. The third-order valence-electron chi connectivity index (χ3n) is 3.00. The molecule has 1 aromatic heterocycles. The SMILES string of the molecule is O=C1OC(=O)c2nc(N3CCCNCC3)cnc21. The molecule has 3 rings (SSSR count). The number of fused-ring (bicyclic) bond motifs is 1. The van der Waals surface area contributed by atoms with E-state index < -0.39 is 11.9 Å². The summed E-state index contributed by atoms with van der Waals surface area (Å²) >= 11 is 0. The number of ether oxygens (including phenoxy) is 1. The van der Waals surface area contributed by atoms with Crippen LogP contribution in [-0.2, 0) is 4.74 Å². The predicted molar refractivity (Wildman–Crippen MR) is 61.5 cm³/mol. The van der Waals surface area contributed by atoms with Gasteiger partial charge in [-0.25, -0.2) is 19.6 Å². The maximum Gasteiger partial charge on any atom is 0.367 e. The number of esters is 2. The number of nitrogens with one attached hydrogen (secondary N) is 1. The van der Waals surface area contributed by atoms with E-state index in [9.17, 15) is 9.59 Å². The van der Waals surface area contributed by atoms with Crippen molar-refractivity contribution in [3.05, 3.63) is 17.6 Å². The normalized spacial score (nSPS) is 19.4. The maximum atomic E-state index is 11.4. The summed E-state index contributed by atoms with van der Waals surface area (Å²) in [6.45, 7) is 3.48. The summed E-state index contributed by atoms with van der Waals surface area (Å²) in [5.41, 5.74) is 0.0337. The van der Waals surface area contributed by atoms with E-state index in [0.717, 1.165) is 32.6 Å². The minimum atomic E-state index is -0.716. The van der Waals surface area contributed by atoms with Gasteiger partial charge in [0.05, 0.1) is 6.20 Å². The minimum Gasteiger partial charge on any atom is -0.383 e. The zero-order chi connectivity index (χ0) is 12.5. The number of carbonyl (C=O) groups excluding carboxylic acids is 2. The van der Waals surface area contributed by atoms with Gasteiger partial charge in [0.1, 0.15) is 5.82 Å². The minimum absolute atomic E-state index is 0.0108. The second-order valence-corrected chi connectivity index (χ2v) is 4.19. The van der Waals surface area contributed by atoms with Gasteiger partial charge < -0.3 is 15.0 Å². The van der Waals surface area contributed by atoms with Crippen molar-refractivity contribution in [3.63, 3.8) is 0 Å². The molecule has 0 saturated carbocycles. The highest BCUT2D eigenvalue weighted by atomic mass is 16.6. The molecule has 2 aliphatic heterocycles. The Morgan fingerprint density at radius 1 is 1.17 bits per heavy atom. The van der Waals surface area contributed by atoms with Gasteiger partial charge in [-0.3, -0.25) is 0 Å². The van der Waals surface area contributed by atoms with E-state index in [0.29, 0.717) is 5.82 Å². The van der Waals surface area contributed by atoms with Crippen molar-refractivity contribution < 1.29 is 14.3 Å². The molecule has 1 fully saturated rings. The molecule has 1 aromatic rings. The van der Waals surface area contributed by atoms with Crippen molar-refractivity contribution in [3.8, 4) is 0 Å². The van der Waals surface area contributed by atoms with Crippen molar-refractivity contribution >= 4 is 17.8 Å². The van der Waals surface area contributed by atoms with E-state index in [1.807, 2.05) is 4.90 Å². The zero-order valence-electron chi connectivity index (χ0n) is 9.68. The number of carbonyl (C=O) groups is 2. The lowest BCUT2D eigenvalue weighted by molar-refractivity contribution is 0.0439. The number of cyclic esters (lactones) is 2. The van der Waals surface area contributed by atoms with Crippen molar-refractivity contribution in [1.82, 2.24) is 15.3 Å². The standard InChI is InChI=1S/C11H12N4O3/c16-10-8-9(11(17)18-10)14-7(6-13-8)15-4-1-2-12-3-5-15/h6,12H,1-5H2. The first kappa shape index (κ1) is 11.1. The highest BCUT2D eigenvalue weighted by Gasteiger charge is 2.33. The Morgan fingerprint density at radius 3 is 2.89 bits per heavy atom. The molecule has 0 amide bonds. The van der Waals surface area contributed by atoms with Gasteiger partial charge in [-0.1, -0.05) is 0 Å². The van der Waals surface area contributed by atoms with E-state index in [1.165, 1.54) is 6.20 Å². The quantitative estimate of drug-likeness (QED) is 0.534. The van der Waals surface area contributed by atoms with Crippen LogP contribution in [0.3, 0.4) is 0 Å². The van der Waals surface area contributed by atoms with Gasteiger partial charge in [-0.2, -0.15) is 0 Å². The van der Waals surface area contributed by atoms with E-state index in [2.05, 4.69) is 20.0 Å². The first-order valence-electron chi connectivity index (χ1n) is 5.85. The Balaban J connectivity index is 1.92. The maximum absolute atomic E-state index is 11.4. The third kappa shape index (κ3) is 1.82. The topological polar surface area (TPSA) is 84.4 Å². The molecule has 0 spiro atoms. The molecule has 7 nitrogen and oxygen atoms in total. The highest BCUT2D eigenvalue weighted by molar-refractivity contribution is 6.12. The number of nitrogens with zero attached hydrogens (tertiary/aromatic N) is 3. The molecule has 0 radical (unpaired) electrons. The zero-order valence-corrected chi connectivity index (χ0v) is 9.68. The molecule has 94 valence electrons. The van der Waals surface area contributed by atoms with Crippen LogP contribution in [0.5, 0.6) is 0 Å². The van der Waals surface area contributed by atoms with Crippen LogP contribution in [0.4, 0.5) is 5.82 Å². The highest BCUT2D eigenvalue weighted by Crippen LogP contribution is 2.19. The first-order chi connectivity index (χ1) is 8.75. The van der Waals surface area contributed by atoms with Crippen molar-refractivity contribution in [1.29, 1.82) is 0 Å². The van der Waals surface area contributed by atoms with E-state index >= 15 is 0 Å². The summed E-state index contributed by atoms with van der Waals surface area (Å²) in [5, 5.41) is 3.28. The second-order valence-electron chi connectivity index (χ2n) is 4.19. The van der Waals surface area contributed by atoms with Crippen molar-refractivity contribution in [2.24, 2.45) is 0 Å². The molecule has 1 N–H and O–H groups in total. The first-order valence-corrected chi connectivity index (χ1v) is 5.85. The number of hydrogen-bond donors (Lipinski definition) is 1. The van der Waals surface area contributed by atoms with Crippen LogP contribution in [0.1, 0.15) is 27.4 Å². The number of rotatable bonds is 1. The van der Waals surface area contributed by atoms with E-state index in [-0.39, 0.29) is 11.4 Å². The molecule has 18 heavy (non-hydrogen) atoms. The lowest BCUT2D eigenvalue weighted by atomic mass is 10.3. The fourth-order valence-corrected chi connectivity index (χ4v) is 2.08. The molecule has 0 unspecified atom stereocenters. The fraction of sp³-hybridized carbons (Fsp3) is 0.455. The van der Waals surface area contributed by atoms with E-state index in [4.69, 9.17) is 0 Å². The van der Waals surface area contributed by atoms with Crippen molar-refractivity contribution in [2.45, 2.75) is 6.42 Å². The summed E-state index contributed by atoms with van der Waals surface area (Å²) in [5.74, 6) is -0.812. The number of aromatic nitrogens is 2. The Kier molecular flexibility index (Phi) is 2.67. The number of hydrogen-bond acceptors (Lipinski definition) is 7. The van der Waals surface area contributed by atoms with Crippen LogP contribution < -0.4 is 10.2 Å². The van der Waals surface area contributed by atoms with Crippen LogP contribution in [0.25, 0.3) is 0 Å². The van der Waals surface area contributed by atoms with Crippen LogP contribution in [-0.4, -0.2) is 48.1 Å². The second kappa shape index (κ2) is 4.34. The Morgan fingerprint density at radius 2 is 2.00 bits per heavy atom. The fourth-order valence-electron chi connectivity index (χ4n) is 2.08. The molecule has 1 saturated heterocycles. The van der Waals surface area contributed by atoms with Crippen LogP contribution in [0.15, 0.2) is 6.20 Å². The monoisotopic (exact) mass is 248 g/mol. The molecule has 2 aliphatic rings. The lowest BCUT2D eigenvalue weighted by Crippen LogP contribution is -2.29. The largest absolute Gasteiger partial charge is 0.383 e. The van der Waals surface area contributed by atoms with Gasteiger partial charge in [-0.15, -0.1) is 0 Å². The van der Waals surface area contributed by atoms with Gasteiger partial charge in [0.25, 0.3) is 0 Å². The van der Waals surface area contributed by atoms with Gasteiger partial charge in [0.2, 0.25) is 0 Å². The molecule has 0 atom stereocenters. The smallest absolute Gasteiger partial charge is 0.367 e. The van der Waals surface area contributed by atoms with Gasteiger partial charge in [0.15, 0.2) is 11.4 Å². The molecule has 0 aliphatic carbocycles. The summed E-state index contributed by atoms with van der Waals surface area (Å²) in [6, 6.07) is 0. The molecule has 0 bridgehead atoms. The predicted octanol–water partition coefficient (Wildman–Crippen LogP) is -0.413. The average molecular weight is 248 g/mol. The van der Waals surface area contributed by atoms with Crippen LogP contribution in [0, 0.1) is 0 Å². The number of anilines is 1. The Hall–Kier alpha value is -2.02. The molecular formula is C11H12N4O3.